The van der Waals surface area contributed by atoms with Crippen molar-refractivity contribution >= 4 is 15.9 Å². The number of hydrogen-bond acceptors (Lipinski definition) is 2. The molecule has 0 aliphatic heterocycles. The first-order valence-corrected chi connectivity index (χ1v) is 6.98. The number of nitrogens with zero attached hydrogens (tertiary/aromatic N) is 2. The van der Waals surface area contributed by atoms with E-state index in [1.165, 1.54) is 11.3 Å². The van der Waals surface area contributed by atoms with Gasteiger partial charge >= 0.3 is 0 Å². The maximum atomic E-state index is 4.17. The topological polar surface area (TPSA) is 29.9 Å². The summed E-state index contributed by atoms with van der Waals surface area (Å²) in [7, 11) is 0. The van der Waals surface area contributed by atoms with Crippen LogP contribution in [0.25, 0.3) is 0 Å². The summed E-state index contributed by atoms with van der Waals surface area (Å²) in [5.41, 5.74) is 2.51. The molecule has 3 nitrogen and oxygen atoms in total. The molecular weight excluding hydrogens is 290 g/mol. The first-order chi connectivity index (χ1) is 8.70. The second kappa shape index (κ2) is 6.16. The number of aromatic nitrogens is 2. The average molecular weight is 308 g/mol. The van der Waals surface area contributed by atoms with Crippen LogP contribution in [-0.2, 0) is 13.1 Å². The molecule has 1 atom stereocenters. The Balaban J connectivity index is 1.98. The number of hydrogen-bond donors (Lipinski definition) is 1. The van der Waals surface area contributed by atoms with E-state index < -0.39 is 0 Å². The van der Waals surface area contributed by atoms with Gasteiger partial charge in [-0.15, -0.1) is 0 Å². The molecule has 0 saturated carbocycles. The third kappa shape index (κ3) is 3.21. The summed E-state index contributed by atoms with van der Waals surface area (Å²) < 4.78 is 3.27. The zero-order chi connectivity index (χ0) is 13.0. The standard InChI is InChI=1S/C14H18BrN3/c1-3-18-10-16-8-14(18)9-17-11(2)12-5-4-6-13(15)7-12/h4-8,10-11,17H,3,9H2,1-2H3. The van der Waals surface area contributed by atoms with Crippen LogP contribution in [0.4, 0.5) is 0 Å². The zero-order valence-corrected chi connectivity index (χ0v) is 12.3. The van der Waals surface area contributed by atoms with Crippen LogP contribution in [-0.4, -0.2) is 9.55 Å². The van der Waals surface area contributed by atoms with Crippen molar-refractivity contribution in [3.8, 4) is 0 Å². The highest BCUT2D eigenvalue weighted by atomic mass is 79.9. The number of benzene rings is 1. The second-order valence-electron chi connectivity index (χ2n) is 4.33. The number of imidazole rings is 1. The van der Waals surface area contributed by atoms with E-state index in [9.17, 15) is 0 Å². The van der Waals surface area contributed by atoms with Crippen LogP contribution in [0.1, 0.15) is 31.1 Å². The quantitative estimate of drug-likeness (QED) is 0.916. The zero-order valence-electron chi connectivity index (χ0n) is 10.7. The molecule has 4 heteroatoms. The normalized spacial score (nSPS) is 12.6. The van der Waals surface area contributed by atoms with Crippen molar-refractivity contribution < 1.29 is 0 Å². The fourth-order valence-corrected chi connectivity index (χ4v) is 2.35. The molecule has 2 rings (SSSR count). The molecule has 1 unspecified atom stereocenters. The van der Waals surface area contributed by atoms with E-state index in [1.807, 2.05) is 18.6 Å². The van der Waals surface area contributed by atoms with Gasteiger partial charge in [0.25, 0.3) is 0 Å². The fraction of sp³-hybridized carbons (Fsp3) is 0.357. The molecule has 1 N–H and O–H groups in total. The highest BCUT2D eigenvalue weighted by Crippen LogP contribution is 2.18. The lowest BCUT2D eigenvalue weighted by Gasteiger charge is -2.15. The Morgan fingerprint density at radius 2 is 2.28 bits per heavy atom. The van der Waals surface area contributed by atoms with Gasteiger partial charge in [-0.3, -0.25) is 0 Å². The van der Waals surface area contributed by atoms with E-state index in [0.717, 1.165) is 17.6 Å². The van der Waals surface area contributed by atoms with Crippen molar-refractivity contribution in [1.82, 2.24) is 14.9 Å². The van der Waals surface area contributed by atoms with Gasteiger partial charge in [0, 0.05) is 29.8 Å². The monoisotopic (exact) mass is 307 g/mol. The van der Waals surface area contributed by atoms with E-state index in [2.05, 4.69) is 62.8 Å². The molecule has 0 amide bonds. The predicted molar refractivity (Wildman–Crippen MR) is 77.3 cm³/mol. The van der Waals surface area contributed by atoms with Crippen LogP contribution in [0.5, 0.6) is 0 Å². The van der Waals surface area contributed by atoms with Crippen molar-refractivity contribution in [1.29, 1.82) is 0 Å². The Hall–Kier alpha value is -1.13. The van der Waals surface area contributed by atoms with E-state index >= 15 is 0 Å². The summed E-state index contributed by atoms with van der Waals surface area (Å²) in [5.74, 6) is 0. The average Bonchev–Trinajstić information content (AvgIpc) is 2.83. The van der Waals surface area contributed by atoms with Gasteiger partial charge in [-0.25, -0.2) is 4.98 Å². The minimum Gasteiger partial charge on any atom is -0.334 e. The molecule has 2 aromatic rings. The largest absolute Gasteiger partial charge is 0.334 e. The predicted octanol–water partition coefficient (Wildman–Crippen LogP) is 3.52. The highest BCUT2D eigenvalue weighted by Gasteiger charge is 2.06. The molecule has 96 valence electrons. The summed E-state index contributed by atoms with van der Waals surface area (Å²) in [5, 5.41) is 3.52. The minimum absolute atomic E-state index is 0.322. The van der Waals surface area contributed by atoms with Crippen LogP contribution < -0.4 is 5.32 Å². The number of halogens is 1. The maximum Gasteiger partial charge on any atom is 0.0948 e. The Bertz CT molecular complexity index is 507. The summed E-state index contributed by atoms with van der Waals surface area (Å²) >= 11 is 3.50. The summed E-state index contributed by atoms with van der Waals surface area (Å²) in [6.45, 7) is 6.10. The molecule has 1 heterocycles. The van der Waals surface area contributed by atoms with Gasteiger partial charge in [0.2, 0.25) is 0 Å². The summed E-state index contributed by atoms with van der Waals surface area (Å²) in [4.78, 5) is 4.17. The second-order valence-corrected chi connectivity index (χ2v) is 5.24. The smallest absolute Gasteiger partial charge is 0.0948 e. The third-order valence-electron chi connectivity index (χ3n) is 3.08. The van der Waals surface area contributed by atoms with Gasteiger partial charge in [-0.05, 0) is 31.5 Å². The number of nitrogens with one attached hydrogen (secondary N) is 1. The van der Waals surface area contributed by atoms with Crippen molar-refractivity contribution in [3.63, 3.8) is 0 Å². The van der Waals surface area contributed by atoms with Gasteiger partial charge in [0.05, 0.1) is 12.0 Å². The molecule has 1 aromatic heterocycles. The van der Waals surface area contributed by atoms with Crippen LogP contribution in [0.15, 0.2) is 41.3 Å². The third-order valence-corrected chi connectivity index (χ3v) is 3.57. The van der Waals surface area contributed by atoms with E-state index in [-0.39, 0.29) is 0 Å². The van der Waals surface area contributed by atoms with Gasteiger partial charge in [-0.2, -0.15) is 0 Å². The lowest BCUT2D eigenvalue weighted by atomic mass is 10.1. The van der Waals surface area contributed by atoms with Crippen LogP contribution >= 0.6 is 15.9 Å². The Kier molecular flexibility index (Phi) is 4.55. The molecule has 0 radical (unpaired) electrons. The van der Waals surface area contributed by atoms with Gasteiger partial charge in [0.1, 0.15) is 0 Å². The van der Waals surface area contributed by atoms with Crippen LogP contribution in [0.3, 0.4) is 0 Å². The fourth-order valence-electron chi connectivity index (χ4n) is 1.93. The Morgan fingerprint density at radius 3 is 3.00 bits per heavy atom. The van der Waals surface area contributed by atoms with Crippen molar-refractivity contribution in [2.24, 2.45) is 0 Å². The molecular formula is C14H18BrN3. The number of rotatable bonds is 5. The molecule has 0 spiro atoms. The lowest BCUT2D eigenvalue weighted by molar-refractivity contribution is 0.549. The van der Waals surface area contributed by atoms with Crippen molar-refractivity contribution in [3.05, 3.63) is 52.5 Å². The summed E-state index contributed by atoms with van der Waals surface area (Å²) in [6.07, 6.45) is 3.80. The molecule has 0 bridgehead atoms. The van der Waals surface area contributed by atoms with Crippen LogP contribution in [0.2, 0.25) is 0 Å². The van der Waals surface area contributed by atoms with Gasteiger partial charge in [-0.1, -0.05) is 28.1 Å². The van der Waals surface area contributed by atoms with Crippen molar-refractivity contribution in [2.45, 2.75) is 33.0 Å². The van der Waals surface area contributed by atoms with E-state index in [0.29, 0.717) is 6.04 Å². The first kappa shape index (κ1) is 13.3. The Labute approximate surface area is 116 Å². The van der Waals surface area contributed by atoms with Gasteiger partial charge in [0.15, 0.2) is 0 Å². The molecule has 1 aromatic carbocycles. The molecule has 0 fully saturated rings. The van der Waals surface area contributed by atoms with Crippen molar-refractivity contribution in [2.75, 3.05) is 0 Å². The number of aryl methyl sites for hydroxylation is 1. The maximum absolute atomic E-state index is 4.17. The highest BCUT2D eigenvalue weighted by molar-refractivity contribution is 9.10. The van der Waals surface area contributed by atoms with Gasteiger partial charge < -0.3 is 9.88 Å². The first-order valence-electron chi connectivity index (χ1n) is 6.18. The molecule has 18 heavy (non-hydrogen) atoms. The molecule has 0 aliphatic rings. The molecule has 0 aliphatic carbocycles. The van der Waals surface area contributed by atoms with E-state index in [4.69, 9.17) is 0 Å². The van der Waals surface area contributed by atoms with Crippen LogP contribution in [0, 0.1) is 0 Å². The van der Waals surface area contributed by atoms with E-state index in [1.54, 1.807) is 0 Å². The lowest BCUT2D eigenvalue weighted by Crippen LogP contribution is -2.19. The molecule has 0 saturated heterocycles. The SMILES string of the molecule is CCn1cncc1CNC(C)c1cccc(Br)c1. The summed E-state index contributed by atoms with van der Waals surface area (Å²) in [6, 6.07) is 8.72. The minimum atomic E-state index is 0.322. The Morgan fingerprint density at radius 1 is 1.44 bits per heavy atom.